The van der Waals surface area contributed by atoms with E-state index < -0.39 is 5.97 Å². The Morgan fingerprint density at radius 3 is 2.82 bits per heavy atom. The van der Waals surface area contributed by atoms with Crippen LogP contribution in [0.1, 0.15) is 18.5 Å². The van der Waals surface area contributed by atoms with Crippen molar-refractivity contribution < 1.29 is 9.90 Å². The number of piperidine rings is 1. The highest BCUT2D eigenvalue weighted by atomic mass is 16.4. The van der Waals surface area contributed by atoms with E-state index in [-0.39, 0.29) is 5.92 Å². The molecule has 1 unspecified atom stereocenters. The molecule has 1 atom stereocenters. The van der Waals surface area contributed by atoms with Crippen molar-refractivity contribution >= 4 is 11.8 Å². The van der Waals surface area contributed by atoms with Crippen LogP contribution in [-0.2, 0) is 4.79 Å². The average Bonchev–Trinajstić information content (AvgIpc) is 2.55. The van der Waals surface area contributed by atoms with Crippen molar-refractivity contribution in [3.8, 4) is 11.4 Å². The highest BCUT2D eigenvalue weighted by Crippen LogP contribution is 2.24. The molecule has 22 heavy (non-hydrogen) atoms. The Morgan fingerprint density at radius 2 is 2.09 bits per heavy atom. The summed E-state index contributed by atoms with van der Waals surface area (Å²) in [6.07, 6.45) is 5.02. The zero-order valence-electron chi connectivity index (χ0n) is 12.4. The zero-order valence-corrected chi connectivity index (χ0v) is 12.4. The molecule has 0 spiro atoms. The van der Waals surface area contributed by atoms with Crippen molar-refractivity contribution in [2.75, 3.05) is 18.0 Å². The molecule has 1 N–H and O–H groups in total. The van der Waals surface area contributed by atoms with E-state index in [9.17, 15) is 9.90 Å². The number of nitrogens with zero attached hydrogens (tertiary/aromatic N) is 4. The van der Waals surface area contributed by atoms with Gasteiger partial charge in [-0.1, -0.05) is 0 Å². The second-order valence-electron chi connectivity index (χ2n) is 5.55. The number of aliphatic carboxylic acids is 1. The second-order valence-corrected chi connectivity index (χ2v) is 5.55. The van der Waals surface area contributed by atoms with E-state index >= 15 is 0 Å². The van der Waals surface area contributed by atoms with Crippen LogP contribution in [0.2, 0.25) is 0 Å². The van der Waals surface area contributed by atoms with Crippen LogP contribution in [-0.4, -0.2) is 39.1 Å². The van der Waals surface area contributed by atoms with E-state index in [1.807, 2.05) is 30.0 Å². The van der Waals surface area contributed by atoms with Crippen molar-refractivity contribution in [2.45, 2.75) is 19.8 Å². The van der Waals surface area contributed by atoms with Gasteiger partial charge in [0.15, 0.2) is 5.82 Å². The van der Waals surface area contributed by atoms with Gasteiger partial charge in [-0.3, -0.25) is 9.78 Å². The van der Waals surface area contributed by atoms with Crippen molar-refractivity contribution in [3.63, 3.8) is 0 Å². The van der Waals surface area contributed by atoms with Gasteiger partial charge in [0.25, 0.3) is 0 Å². The molecule has 3 rings (SSSR count). The van der Waals surface area contributed by atoms with Gasteiger partial charge in [0, 0.05) is 42.8 Å². The molecule has 3 heterocycles. The molecule has 0 bridgehead atoms. The molecule has 1 aliphatic rings. The molecule has 0 radical (unpaired) electrons. The highest BCUT2D eigenvalue weighted by Gasteiger charge is 2.26. The van der Waals surface area contributed by atoms with Gasteiger partial charge < -0.3 is 10.0 Å². The molecule has 6 nitrogen and oxygen atoms in total. The lowest BCUT2D eigenvalue weighted by molar-refractivity contribution is -0.141. The first-order valence-corrected chi connectivity index (χ1v) is 7.37. The number of aryl methyl sites for hydroxylation is 1. The molecule has 0 saturated carbocycles. The molecule has 114 valence electrons. The number of hydrogen-bond donors (Lipinski definition) is 1. The molecule has 0 amide bonds. The van der Waals surface area contributed by atoms with E-state index in [2.05, 4.69) is 15.0 Å². The van der Waals surface area contributed by atoms with Gasteiger partial charge >= 0.3 is 5.97 Å². The fourth-order valence-electron chi connectivity index (χ4n) is 2.73. The maximum atomic E-state index is 11.2. The lowest BCUT2D eigenvalue weighted by atomic mass is 9.98. The van der Waals surface area contributed by atoms with Crippen LogP contribution in [0.15, 0.2) is 30.6 Å². The Bertz CT molecular complexity index is 675. The molecular weight excluding hydrogens is 280 g/mol. The first-order valence-electron chi connectivity index (χ1n) is 7.37. The van der Waals surface area contributed by atoms with Crippen molar-refractivity contribution in [2.24, 2.45) is 5.92 Å². The minimum Gasteiger partial charge on any atom is -0.481 e. The molecule has 6 heteroatoms. The quantitative estimate of drug-likeness (QED) is 0.935. The molecule has 2 aromatic heterocycles. The van der Waals surface area contributed by atoms with E-state index in [0.717, 1.165) is 36.5 Å². The number of anilines is 1. The third kappa shape index (κ3) is 3.05. The number of carbonyl (C=O) groups is 1. The predicted octanol–water partition coefficient (Wildman–Crippen LogP) is 2.15. The Kier molecular flexibility index (Phi) is 4.00. The Hall–Kier alpha value is -2.50. The first kappa shape index (κ1) is 14.4. The zero-order chi connectivity index (χ0) is 15.5. The summed E-state index contributed by atoms with van der Waals surface area (Å²) >= 11 is 0. The van der Waals surface area contributed by atoms with Gasteiger partial charge in [-0.25, -0.2) is 9.97 Å². The number of carboxylic acid groups (broad SMARTS) is 1. The third-order valence-corrected chi connectivity index (χ3v) is 3.87. The summed E-state index contributed by atoms with van der Waals surface area (Å²) in [4.78, 5) is 26.4. The van der Waals surface area contributed by atoms with E-state index in [4.69, 9.17) is 0 Å². The molecule has 0 aliphatic carbocycles. The maximum Gasteiger partial charge on any atom is 0.308 e. The Morgan fingerprint density at radius 1 is 1.32 bits per heavy atom. The van der Waals surface area contributed by atoms with Crippen LogP contribution in [0, 0.1) is 12.8 Å². The van der Waals surface area contributed by atoms with Gasteiger partial charge in [-0.2, -0.15) is 0 Å². The van der Waals surface area contributed by atoms with E-state index in [1.165, 1.54) is 0 Å². The van der Waals surface area contributed by atoms with Crippen molar-refractivity contribution in [1.29, 1.82) is 0 Å². The Balaban J connectivity index is 1.91. The van der Waals surface area contributed by atoms with Crippen LogP contribution in [0.25, 0.3) is 11.4 Å². The van der Waals surface area contributed by atoms with E-state index in [0.29, 0.717) is 12.4 Å². The van der Waals surface area contributed by atoms with Gasteiger partial charge in [-0.05, 0) is 31.9 Å². The summed E-state index contributed by atoms with van der Waals surface area (Å²) < 4.78 is 0. The van der Waals surface area contributed by atoms with Gasteiger partial charge in [-0.15, -0.1) is 0 Å². The smallest absolute Gasteiger partial charge is 0.308 e. The second kappa shape index (κ2) is 6.09. The summed E-state index contributed by atoms with van der Waals surface area (Å²) in [6.45, 7) is 3.26. The van der Waals surface area contributed by atoms with Crippen LogP contribution in [0.5, 0.6) is 0 Å². The minimum absolute atomic E-state index is 0.326. The average molecular weight is 298 g/mol. The molecule has 1 saturated heterocycles. The summed E-state index contributed by atoms with van der Waals surface area (Å²) in [5, 5.41) is 9.22. The number of carboxylic acids is 1. The fraction of sp³-hybridized carbons (Fsp3) is 0.375. The maximum absolute atomic E-state index is 11.2. The Labute approximate surface area is 128 Å². The van der Waals surface area contributed by atoms with Gasteiger partial charge in [0.05, 0.1) is 5.92 Å². The first-order chi connectivity index (χ1) is 10.6. The number of hydrogen-bond acceptors (Lipinski definition) is 5. The predicted molar refractivity (Wildman–Crippen MR) is 82.6 cm³/mol. The monoisotopic (exact) mass is 298 g/mol. The van der Waals surface area contributed by atoms with Gasteiger partial charge in [0.1, 0.15) is 5.82 Å². The summed E-state index contributed by atoms with van der Waals surface area (Å²) in [7, 11) is 0. The lowest BCUT2D eigenvalue weighted by Gasteiger charge is -2.31. The number of rotatable bonds is 3. The number of pyridine rings is 1. The van der Waals surface area contributed by atoms with Crippen molar-refractivity contribution in [3.05, 3.63) is 36.3 Å². The minimum atomic E-state index is -0.732. The standard InChI is InChI=1S/C16H18N4O2/c1-11-9-14(20-8-2-3-13(10-20)16(21)22)19-15(18-11)12-4-6-17-7-5-12/h4-7,9,13H,2-3,8,10H2,1H3,(H,21,22). The molecular formula is C16H18N4O2. The van der Waals surface area contributed by atoms with Crippen LogP contribution < -0.4 is 4.90 Å². The molecule has 1 aliphatic heterocycles. The van der Waals surface area contributed by atoms with Crippen LogP contribution >= 0.6 is 0 Å². The lowest BCUT2D eigenvalue weighted by Crippen LogP contribution is -2.39. The third-order valence-electron chi connectivity index (χ3n) is 3.87. The van der Waals surface area contributed by atoms with E-state index in [1.54, 1.807) is 12.4 Å². The SMILES string of the molecule is Cc1cc(N2CCCC(C(=O)O)C2)nc(-c2ccncc2)n1. The topological polar surface area (TPSA) is 79.2 Å². The summed E-state index contributed by atoms with van der Waals surface area (Å²) in [5.41, 5.74) is 1.78. The molecule has 2 aromatic rings. The fourth-order valence-corrected chi connectivity index (χ4v) is 2.73. The van der Waals surface area contributed by atoms with Crippen LogP contribution in [0.3, 0.4) is 0 Å². The molecule has 0 aromatic carbocycles. The molecule has 1 fully saturated rings. The number of aromatic nitrogens is 3. The summed E-state index contributed by atoms with van der Waals surface area (Å²) in [5.74, 6) is 0.387. The van der Waals surface area contributed by atoms with Crippen molar-refractivity contribution in [1.82, 2.24) is 15.0 Å². The normalized spacial score (nSPS) is 18.2. The van der Waals surface area contributed by atoms with Crippen LogP contribution in [0.4, 0.5) is 5.82 Å². The highest BCUT2D eigenvalue weighted by molar-refractivity contribution is 5.71. The largest absolute Gasteiger partial charge is 0.481 e. The van der Waals surface area contributed by atoms with Gasteiger partial charge in [0.2, 0.25) is 0 Å². The summed E-state index contributed by atoms with van der Waals surface area (Å²) in [6, 6.07) is 5.65.